The third kappa shape index (κ3) is 5.20. The van der Waals surface area contributed by atoms with E-state index in [9.17, 15) is 4.79 Å². The molecular formula is C16H24N2O4. The summed E-state index contributed by atoms with van der Waals surface area (Å²) in [4.78, 5) is 14.1. The van der Waals surface area contributed by atoms with Crippen LogP contribution in [0.3, 0.4) is 0 Å². The van der Waals surface area contributed by atoms with Gasteiger partial charge in [0.25, 0.3) is 5.91 Å². The van der Waals surface area contributed by atoms with E-state index >= 15 is 0 Å². The van der Waals surface area contributed by atoms with Crippen LogP contribution in [0.15, 0.2) is 24.3 Å². The van der Waals surface area contributed by atoms with Gasteiger partial charge in [-0.15, -0.1) is 0 Å². The highest BCUT2D eigenvalue weighted by Crippen LogP contribution is 2.25. The minimum atomic E-state index is -0.141. The average Bonchev–Trinajstić information content (AvgIpc) is 2.75. The molecule has 1 atom stereocenters. The molecule has 1 aromatic carbocycles. The first kappa shape index (κ1) is 16.6. The second kappa shape index (κ2) is 8.60. The van der Waals surface area contributed by atoms with E-state index in [0.29, 0.717) is 30.6 Å². The maximum absolute atomic E-state index is 11.9. The monoisotopic (exact) mass is 308 g/mol. The molecule has 2 rings (SSSR count). The summed E-state index contributed by atoms with van der Waals surface area (Å²) in [6.07, 6.45) is 0. The molecule has 1 amide bonds. The van der Waals surface area contributed by atoms with Crippen LogP contribution in [0.2, 0.25) is 0 Å². The third-order valence-corrected chi connectivity index (χ3v) is 3.56. The molecule has 0 bridgehead atoms. The Morgan fingerprint density at radius 1 is 1.41 bits per heavy atom. The summed E-state index contributed by atoms with van der Waals surface area (Å²) in [5.74, 6) is 1.35. The Morgan fingerprint density at radius 2 is 2.18 bits per heavy atom. The van der Waals surface area contributed by atoms with Gasteiger partial charge in [-0.1, -0.05) is 12.1 Å². The molecule has 1 heterocycles. The van der Waals surface area contributed by atoms with Crippen molar-refractivity contribution in [3.05, 3.63) is 24.3 Å². The van der Waals surface area contributed by atoms with Crippen molar-refractivity contribution in [2.24, 2.45) is 5.92 Å². The molecule has 22 heavy (non-hydrogen) atoms. The Kier molecular flexibility index (Phi) is 6.48. The van der Waals surface area contributed by atoms with Crippen LogP contribution in [0.25, 0.3) is 0 Å². The zero-order valence-corrected chi connectivity index (χ0v) is 13.2. The lowest BCUT2D eigenvalue weighted by Gasteiger charge is -2.19. The molecule has 1 aliphatic rings. The number of likely N-dealkylation sites (N-methyl/N-ethyl adjacent to an activating group) is 1. The maximum Gasteiger partial charge on any atom is 0.257 e. The molecule has 1 fully saturated rings. The number of carbonyl (C=O) groups is 1. The molecular weight excluding hydrogens is 284 g/mol. The molecule has 6 heteroatoms. The van der Waals surface area contributed by atoms with Gasteiger partial charge in [0.2, 0.25) is 0 Å². The summed E-state index contributed by atoms with van der Waals surface area (Å²) in [6, 6.07) is 7.27. The summed E-state index contributed by atoms with van der Waals surface area (Å²) >= 11 is 0. The molecule has 0 aromatic heterocycles. The number of carbonyl (C=O) groups excluding carboxylic acids is 1. The van der Waals surface area contributed by atoms with Gasteiger partial charge in [0, 0.05) is 25.6 Å². The van der Waals surface area contributed by atoms with Crippen LogP contribution >= 0.6 is 0 Å². The second-order valence-corrected chi connectivity index (χ2v) is 5.45. The summed E-state index contributed by atoms with van der Waals surface area (Å²) in [5, 5.41) is 2.90. The molecule has 0 saturated carbocycles. The predicted octanol–water partition coefficient (Wildman–Crippen LogP) is 0.768. The summed E-state index contributed by atoms with van der Waals surface area (Å²) in [5.41, 5.74) is 0. The smallest absolute Gasteiger partial charge is 0.257 e. The van der Waals surface area contributed by atoms with Crippen LogP contribution in [0.4, 0.5) is 0 Å². The number of methoxy groups -OCH3 is 1. The van der Waals surface area contributed by atoms with Gasteiger partial charge in [-0.05, 0) is 19.2 Å². The lowest BCUT2D eigenvalue weighted by atomic mass is 10.1. The SMILES string of the molecule is COc1ccccc1OCC(=O)NCC1COCCN(C)C1. The highest BCUT2D eigenvalue weighted by molar-refractivity contribution is 5.77. The van der Waals surface area contributed by atoms with Crippen molar-refractivity contribution in [3.63, 3.8) is 0 Å². The van der Waals surface area contributed by atoms with Crippen LogP contribution < -0.4 is 14.8 Å². The van der Waals surface area contributed by atoms with Crippen molar-refractivity contribution in [1.82, 2.24) is 10.2 Å². The number of benzene rings is 1. The van der Waals surface area contributed by atoms with E-state index in [2.05, 4.69) is 17.3 Å². The quantitative estimate of drug-likeness (QED) is 0.841. The van der Waals surface area contributed by atoms with Crippen molar-refractivity contribution in [2.45, 2.75) is 0 Å². The fraction of sp³-hybridized carbons (Fsp3) is 0.562. The van der Waals surface area contributed by atoms with E-state index in [1.54, 1.807) is 19.2 Å². The standard InChI is InChI=1S/C16H24N2O4/c1-18-7-8-21-11-13(10-18)9-17-16(19)12-22-15-6-4-3-5-14(15)20-2/h3-6,13H,7-12H2,1-2H3,(H,17,19). The Hall–Kier alpha value is -1.79. The number of nitrogens with zero attached hydrogens (tertiary/aromatic N) is 1. The maximum atomic E-state index is 11.9. The molecule has 0 aliphatic carbocycles. The minimum Gasteiger partial charge on any atom is -0.493 e. The third-order valence-electron chi connectivity index (χ3n) is 3.56. The number of ether oxygens (including phenoxy) is 3. The van der Waals surface area contributed by atoms with Gasteiger partial charge >= 0.3 is 0 Å². The molecule has 0 spiro atoms. The Morgan fingerprint density at radius 3 is 2.95 bits per heavy atom. The zero-order valence-electron chi connectivity index (χ0n) is 13.2. The predicted molar refractivity (Wildman–Crippen MR) is 83.3 cm³/mol. The van der Waals surface area contributed by atoms with Gasteiger partial charge in [-0.25, -0.2) is 0 Å². The highest BCUT2D eigenvalue weighted by atomic mass is 16.5. The number of rotatable bonds is 6. The van der Waals surface area contributed by atoms with Gasteiger partial charge in [-0.3, -0.25) is 4.79 Å². The summed E-state index contributed by atoms with van der Waals surface area (Å²) in [7, 11) is 3.64. The van der Waals surface area contributed by atoms with E-state index in [1.807, 2.05) is 12.1 Å². The molecule has 0 radical (unpaired) electrons. The van der Waals surface area contributed by atoms with Crippen LogP contribution in [0.5, 0.6) is 11.5 Å². The van der Waals surface area contributed by atoms with Gasteiger partial charge in [0.1, 0.15) is 0 Å². The number of hydrogen-bond acceptors (Lipinski definition) is 5. The van der Waals surface area contributed by atoms with Crippen LogP contribution in [0.1, 0.15) is 0 Å². The molecule has 1 saturated heterocycles. The van der Waals surface area contributed by atoms with Crippen LogP contribution in [-0.2, 0) is 9.53 Å². The number of para-hydroxylation sites is 2. The molecule has 6 nitrogen and oxygen atoms in total. The van der Waals surface area contributed by atoms with Crippen molar-refractivity contribution < 1.29 is 19.0 Å². The topological polar surface area (TPSA) is 60.0 Å². The molecule has 122 valence electrons. The van der Waals surface area contributed by atoms with E-state index in [4.69, 9.17) is 14.2 Å². The van der Waals surface area contributed by atoms with Crippen molar-refractivity contribution in [2.75, 3.05) is 53.6 Å². The zero-order chi connectivity index (χ0) is 15.8. The van der Waals surface area contributed by atoms with Crippen LogP contribution in [-0.4, -0.2) is 64.4 Å². The van der Waals surface area contributed by atoms with E-state index in [-0.39, 0.29) is 12.5 Å². The molecule has 1 N–H and O–H groups in total. The average molecular weight is 308 g/mol. The second-order valence-electron chi connectivity index (χ2n) is 5.45. The van der Waals surface area contributed by atoms with E-state index in [0.717, 1.165) is 19.7 Å². The molecule has 1 aromatic rings. The van der Waals surface area contributed by atoms with Crippen molar-refractivity contribution in [1.29, 1.82) is 0 Å². The van der Waals surface area contributed by atoms with Gasteiger partial charge in [0.05, 0.1) is 20.3 Å². The number of amides is 1. The minimum absolute atomic E-state index is 0.0240. The fourth-order valence-electron chi connectivity index (χ4n) is 2.37. The lowest BCUT2D eigenvalue weighted by Crippen LogP contribution is -2.37. The van der Waals surface area contributed by atoms with E-state index in [1.165, 1.54) is 0 Å². The van der Waals surface area contributed by atoms with Gasteiger partial charge in [0.15, 0.2) is 18.1 Å². The first-order chi connectivity index (χ1) is 10.7. The normalized spacial score (nSPS) is 19.3. The Labute approximate surface area is 131 Å². The highest BCUT2D eigenvalue weighted by Gasteiger charge is 2.17. The Bertz CT molecular complexity index is 481. The Balaban J connectivity index is 1.73. The first-order valence-electron chi connectivity index (χ1n) is 7.48. The van der Waals surface area contributed by atoms with Crippen LogP contribution in [0, 0.1) is 5.92 Å². The molecule has 1 unspecified atom stereocenters. The lowest BCUT2D eigenvalue weighted by molar-refractivity contribution is -0.123. The number of nitrogens with one attached hydrogen (secondary N) is 1. The fourth-order valence-corrected chi connectivity index (χ4v) is 2.37. The largest absolute Gasteiger partial charge is 0.493 e. The van der Waals surface area contributed by atoms with Gasteiger partial charge in [-0.2, -0.15) is 0 Å². The van der Waals surface area contributed by atoms with E-state index < -0.39 is 0 Å². The summed E-state index contributed by atoms with van der Waals surface area (Å²) in [6.45, 7) is 3.85. The first-order valence-corrected chi connectivity index (χ1v) is 7.48. The van der Waals surface area contributed by atoms with Crippen molar-refractivity contribution >= 4 is 5.91 Å². The summed E-state index contributed by atoms with van der Waals surface area (Å²) < 4.78 is 16.2. The number of hydrogen-bond donors (Lipinski definition) is 1. The van der Waals surface area contributed by atoms with Gasteiger partial charge < -0.3 is 24.4 Å². The van der Waals surface area contributed by atoms with Crippen molar-refractivity contribution in [3.8, 4) is 11.5 Å². The molecule has 1 aliphatic heterocycles.